The summed E-state index contributed by atoms with van der Waals surface area (Å²) in [7, 11) is -3.34. The van der Waals surface area contributed by atoms with Crippen LogP contribution in [0.3, 0.4) is 0 Å². The maximum Gasteiger partial charge on any atom is 0.234 e. The summed E-state index contributed by atoms with van der Waals surface area (Å²) < 4.78 is 31.4. The molecule has 5 nitrogen and oxygen atoms in total. The molecule has 0 aliphatic heterocycles. The van der Waals surface area contributed by atoms with Gasteiger partial charge in [0.1, 0.15) is 0 Å². The summed E-state index contributed by atoms with van der Waals surface area (Å²) in [6.07, 6.45) is 2.48. The molecule has 0 spiro atoms. The third-order valence-electron chi connectivity index (χ3n) is 3.07. The quantitative estimate of drug-likeness (QED) is 0.681. The highest BCUT2D eigenvalue weighted by Crippen LogP contribution is 2.20. The minimum absolute atomic E-state index is 0.0224. The Kier molecular flexibility index (Phi) is 5.39. The number of rotatable bonds is 9. The lowest BCUT2D eigenvalue weighted by molar-refractivity contribution is 0.163. The zero-order valence-electron chi connectivity index (χ0n) is 11.8. The third-order valence-corrected chi connectivity index (χ3v) is 4.32. The molecule has 2 rings (SSSR count). The maximum atomic E-state index is 11.9. The summed E-state index contributed by atoms with van der Waals surface area (Å²) >= 11 is 0. The lowest BCUT2D eigenvalue weighted by Crippen LogP contribution is -2.20. The van der Waals surface area contributed by atoms with Crippen molar-refractivity contribution in [3.05, 3.63) is 29.8 Å². The van der Waals surface area contributed by atoms with Crippen LogP contribution in [-0.4, -0.2) is 33.4 Å². The first-order chi connectivity index (χ1) is 9.59. The van der Waals surface area contributed by atoms with Crippen molar-refractivity contribution >= 4 is 15.7 Å². The molecule has 6 heteroatoms. The lowest BCUT2D eigenvalue weighted by atomic mass is 10.2. The molecule has 112 valence electrons. The van der Waals surface area contributed by atoms with Gasteiger partial charge in [-0.05, 0) is 37.5 Å². The van der Waals surface area contributed by atoms with E-state index in [4.69, 9.17) is 4.74 Å². The predicted octanol–water partition coefficient (Wildman–Crippen LogP) is 1.72. The van der Waals surface area contributed by atoms with Crippen molar-refractivity contribution in [2.24, 2.45) is 0 Å². The molecule has 0 bridgehead atoms. The molecule has 0 radical (unpaired) electrons. The Hall–Kier alpha value is -1.11. The van der Waals surface area contributed by atoms with Crippen LogP contribution in [0.15, 0.2) is 24.3 Å². The van der Waals surface area contributed by atoms with Crippen LogP contribution in [0, 0.1) is 0 Å². The van der Waals surface area contributed by atoms with E-state index in [1.54, 1.807) is 6.07 Å². The second kappa shape index (κ2) is 7.06. The van der Waals surface area contributed by atoms with Gasteiger partial charge in [0.15, 0.2) is 0 Å². The topological polar surface area (TPSA) is 67.4 Å². The largest absolute Gasteiger partial charge is 0.381 e. The Morgan fingerprint density at radius 3 is 2.85 bits per heavy atom. The van der Waals surface area contributed by atoms with Crippen LogP contribution in [0.4, 0.5) is 5.69 Å². The molecule has 20 heavy (non-hydrogen) atoms. The molecule has 0 aromatic heterocycles. The van der Waals surface area contributed by atoms with Crippen molar-refractivity contribution in [1.29, 1.82) is 0 Å². The van der Waals surface area contributed by atoms with Gasteiger partial charge < -0.3 is 10.1 Å². The van der Waals surface area contributed by atoms with Crippen molar-refractivity contribution in [3.8, 4) is 0 Å². The van der Waals surface area contributed by atoms with E-state index in [0.29, 0.717) is 18.3 Å². The number of hydrogen-bond donors (Lipinski definition) is 2. The van der Waals surface area contributed by atoms with Crippen molar-refractivity contribution in [2.75, 3.05) is 23.7 Å². The molecule has 0 unspecified atom stereocenters. The molecular weight excluding hydrogens is 276 g/mol. The van der Waals surface area contributed by atoms with Gasteiger partial charge in [0.05, 0.1) is 12.4 Å². The van der Waals surface area contributed by atoms with Crippen molar-refractivity contribution in [3.63, 3.8) is 0 Å². The molecule has 1 aliphatic carbocycles. The first-order valence-electron chi connectivity index (χ1n) is 6.99. The molecule has 0 amide bonds. The van der Waals surface area contributed by atoms with Crippen LogP contribution in [-0.2, 0) is 21.3 Å². The van der Waals surface area contributed by atoms with Crippen LogP contribution in [0.25, 0.3) is 0 Å². The average molecular weight is 298 g/mol. The van der Waals surface area contributed by atoms with E-state index < -0.39 is 10.0 Å². The van der Waals surface area contributed by atoms with E-state index in [2.05, 4.69) is 10.0 Å². The first-order valence-corrected chi connectivity index (χ1v) is 8.65. The van der Waals surface area contributed by atoms with Gasteiger partial charge in [-0.2, -0.15) is 0 Å². The zero-order valence-corrected chi connectivity index (χ0v) is 12.6. The van der Waals surface area contributed by atoms with Gasteiger partial charge in [0, 0.05) is 24.9 Å². The Bertz CT molecular complexity index is 527. The van der Waals surface area contributed by atoms with Crippen LogP contribution >= 0.6 is 0 Å². The van der Waals surface area contributed by atoms with E-state index in [-0.39, 0.29) is 12.4 Å². The Balaban J connectivity index is 1.88. The minimum atomic E-state index is -3.34. The van der Waals surface area contributed by atoms with Gasteiger partial charge in [0.2, 0.25) is 10.0 Å². The number of hydrogen-bond acceptors (Lipinski definition) is 4. The SMILES string of the molecule is CCOCCS(=O)(=O)Nc1cccc(CNC2CC2)c1. The fourth-order valence-electron chi connectivity index (χ4n) is 1.84. The molecule has 0 saturated heterocycles. The third kappa shape index (κ3) is 5.48. The number of sulfonamides is 1. The number of nitrogens with one attached hydrogen (secondary N) is 2. The number of anilines is 1. The van der Waals surface area contributed by atoms with Crippen LogP contribution in [0.5, 0.6) is 0 Å². The summed E-state index contributed by atoms with van der Waals surface area (Å²) in [6, 6.07) is 8.13. The zero-order chi connectivity index (χ0) is 14.4. The monoisotopic (exact) mass is 298 g/mol. The van der Waals surface area contributed by atoms with E-state index in [0.717, 1.165) is 12.1 Å². The molecule has 1 aromatic carbocycles. The van der Waals surface area contributed by atoms with E-state index in [1.165, 1.54) is 12.8 Å². The minimum Gasteiger partial charge on any atom is -0.381 e. The fourth-order valence-corrected chi connectivity index (χ4v) is 2.76. The van der Waals surface area contributed by atoms with Crippen LogP contribution < -0.4 is 10.0 Å². The van der Waals surface area contributed by atoms with Gasteiger partial charge >= 0.3 is 0 Å². The summed E-state index contributed by atoms with van der Waals surface area (Å²) in [5.41, 5.74) is 1.69. The number of ether oxygens (including phenoxy) is 1. The normalized spacial score (nSPS) is 15.2. The second-order valence-corrected chi connectivity index (χ2v) is 6.82. The maximum absolute atomic E-state index is 11.9. The summed E-state index contributed by atoms with van der Waals surface area (Å²) in [6.45, 7) is 3.36. The van der Waals surface area contributed by atoms with E-state index in [9.17, 15) is 8.42 Å². The lowest BCUT2D eigenvalue weighted by Gasteiger charge is -2.10. The first kappa shape index (κ1) is 15.3. The molecule has 0 atom stereocenters. The average Bonchev–Trinajstić information content (AvgIpc) is 3.20. The molecule has 2 N–H and O–H groups in total. The summed E-state index contributed by atoms with van der Waals surface area (Å²) in [5, 5.41) is 3.41. The van der Waals surface area contributed by atoms with E-state index >= 15 is 0 Å². The van der Waals surface area contributed by atoms with Crippen molar-refractivity contribution < 1.29 is 13.2 Å². The highest BCUT2D eigenvalue weighted by molar-refractivity contribution is 7.92. The Labute approximate surface area is 120 Å². The van der Waals surface area contributed by atoms with Gasteiger partial charge in [0.25, 0.3) is 0 Å². The van der Waals surface area contributed by atoms with Crippen molar-refractivity contribution in [1.82, 2.24) is 5.32 Å². The molecule has 1 saturated carbocycles. The highest BCUT2D eigenvalue weighted by atomic mass is 32.2. The van der Waals surface area contributed by atoms with Gasteiger partial charge in [-0.15, -0.1) is 0 Å². The van der Waals surface area contributed by atoms with Gasteiger partial charge in [-0.1, -0.05) is 12.1 Å². The standard InChI is InChI=1S/C14H22N2O3S/c1-2-19-8-9-20(17,18)16-14-5-3-4-12(10-14)11-15-13-6-7-13/h3-5,10,13,15-16H,2,6-9,11H2,1H3. The smallest absolute Gasteiger partial charge is 0.234 e. The molecule has 1 aliphatic rings. The predicted molar refractivity (Wildman–Crippen MR) is 80.2 cm³/mol. The van der Waals surface area contributed by atoms with Gasteiger partial charge in [-0.25, -0.2) is 8.42 Å². The van der Waals surface area contributed by atoms with Crippen LogP contribution in [0.2, 0.25) is 0 Å². The second-order valence-electron chi connectivity index (χ2n) is 4.97. The van der Waals surface area contributed by atoms with Crippen LogP contribution in [0.1, 0.15) is 25.3 Å². The molecular formula is C14H22N2O3S. The highest BCUT2D eigenvalue weighted by Gasteiger charge is 2.20. The molecule has 0 heterocycles. The summed E-state index contributed by atoms with van der Waals surface area (Å²) in [4.78, 5) is 0. The van der Waals surface area contributed by atoms with Crippen molar-refractivity contribution in [2.45, 2.75) is 32.4 Å². The summed E-state index contributed by atoms with van der Waals surface area (Å²) in [5.74, 6) is -0.0224. The Morgan fingerprint density at radius 1 is 1.35 bits per heavy atom. The fraction of sp³-hybridized carbons (Fsp3) is 0.571. The molecule has 1 fully saturated rings. The number of benzene rings is 1. The van der Waals surface area contributed by atoms with Gasteiger partial charge in [-0.3, -0.25) is 4.72 Å². The Morgan fingerprint density at radius 2 is 2.15 bits per heavy atom. The molecule has 1 aromatic rings. The van der Waals surface area contributed by atoms with E-state index in [1.807, 2.05) is 25.1 Å².